The fraction of sp³-hybridized carbons (Fsp3) is 0.588. The van der Waals surface area contributed by atoms with Gasteiger partial charge in [-0.25, -0.2) is 9.18 Å². The Kier molecular flexibility index (Phi) is 6.65. The zero-order valence-corrected chi connectivity index (χ0v) is 14.1. The number of carbonyl (C=O) groups excluding carboxylic acids is 1. The number of rotatable bonds is 6. The van der Waals surface area contributed by atoms with Crippen LogP contribution in [0.3, 0.4) is 0 Å². The van der Waals surface area contributed by atoms with Crippen molar-refractivity contribution in [1.29, 1.82) is 0 Å². The normalized spacial score (nSPS) is 11.4. The third kappa shape index (κ3) is 7.29. The van der Waals surface area contributed by atoms with Crippen molar-refractivity contribution in [1.82, 2.24) is 10.6 Å². The van der Waals surface area contributed by atoms with Crippen LogP contribution >= 0.6 is 0 Å². The van der Waals surface area contributed by atoms with E-state index in [9.17, 15) is 9.18 Å². The first-order valence-corrected chi connectivity index (χ1v) is 7.64. The van der Waals surface area contributed by atoms with Crippen LogP contribution in [0.4, 0.5) is 9.18 Å². The Hall–Kier alpha value is -1.78. The van der Waals surface area contributed by atoms with Gasteiger partial charge in [0.1, 0.15) is 0 Å². The van der Waals surface area contributed by atoms with Crippen LogP contribution in [0.25, 0.3) is 0 Å². The van der Waals surface area contributed by atoms with Gasteiger partial charge in [-0.05, 0) is 43.4 Å². The fourth-order valence-corrected chi connectivity index (χ4v) is 1.78. The Bertz CT molecular complexity index is 496. The molecule has 124 valence electrons. The standard InChI is InChI=1S/C17H27FN2O2/c1-12(2)22-15-7-6-13(10-14(15)18)8-9-19-16(21)20-11-17(3,4)5/h6-7,10,12H,8-9,11H2,1-5H3,(H2,19,20,21). The van der Waals surface area contributed by atoms with Gasteiger partial charge in [-0.2, -0.15) is 0 Å². The van der Waals surface area contributed by atoms with Gasteiger partial charge in [0.2, 0.25) is 0 Å². The lowest BCUT2D eigenvalue weighted by Gasteiger charge is -2.18. The molecule has 0 radical (unpaired) electrons. The van der Waals surface area contributed by atoms with Gasteiger partial charge in [0.15, 0.2) is 11.6 Å². The number of amides is 2. The molecule has 0 unspecified atom stereocenters. The first-order chi connectivity index (χ1) is 10.2. The highest BCUT2D eigenvalue weighted by atomic mass is 19.1. The van der Waals surface area contributed by atoms with Crippen molar-refractivity contribution in [3.8, 4) is 5.75 Å². The number of hydrogen-bond acceptors (Lipinski definition) is 2. The van der Waals surface area contributed by atoms with Gasteiger partial charge < -0.3 is 15.4 Å². The minimum Gasteiger partial charge on any atom is -0.488 e. The van der Waals surface area contributed by atoms with Crippen LogP contribution in [0, 0.1) is 11.2 Å². The third-order valence-electron chi connectivity index (χ3n) is 2.84. The molecule has 0 aliphatic rings. The number of hydrogen-bond donors (Lipinski definition) is 2. The summed E-state index contributed by atoms with van der Waals surface area (Å²) >= 11 is 0. The van der Waals surface area contributed by atoms with Gasteiger partial charge in [0.25, 0.3) is 0 Å². The lowest BCUT2D eigenvalue weighted by atomic mass is 9.97. The number of carbonyl (C=O) groups is 1. The quantitative estimate of drug-likeness (QED) is 0.845. The molecular weight excluding hydrogens is 283 g/mol. The number of nitrogens with one attached hydrogen (secondary N) is 2. The molecule has 0 saturated carbocycles. The van der Waals surface area contributed by atoms with E-state index in [1.807, 2.05) is 19.9 Å². The molecule has 5 heteroatoms. The van der Waals surface area contributed by atoms with Crippen molar-refractivity contribution in [3.05, 3.63) is 29.6 Å². The molecule has 0 fully saturated rings. The van der Waals surface area contributed by atoms with E-state index in [0.717, 1.165) is 5.56 Å². The molecule has 0 aliphatic heterocycles. The highest BCUT2D eigenvalue weighted by Gasteiger charge is 2.11. The molecule has 4 nitrogen and oxygen atoms in total. The average molecular weight is 310 g/mol. The first kappa shape index (κ1) is 18.3. The van der Waals surface area contributed by atoms with E-state index in [1.54, 1.807) is 6.07 Å². The average Bonchev–Trinajstić information content (AvgIpc) is 2.38. The van der Waals surface area contributed by atoms with E-state index in [1.165, 1.54) is 6.07 Å². The molecule has 1 rings (SSSR count). The molecule has 0 bridgehead atoms. The van der Waals surface area contributed by atoms with Crippen LogP contribution in [-0.4, -0.2) is 25.2 Å². The molecule has 0 heterocycles. The van der Waals surface area contributed by atoms with Crippen molar-refractivity contribution in [2.24, 2.45) is 5.41 Å². The Labute approximate surface area is 132 Å². The smallest absolute Gasteiger partial charge is 0.314 e. The van der Waals surface area contributed by atoms with Crippen LogP contribution in [0.1, 0.15) is 40.2 Å². The molecule has 1 aromatic rings. The summed E-state index contributed by atoms with van der Waals surface area (Å²) in [6, 6.07) is 4.70. The molecule has 0 atom stereocenters. The summed E-state index contributed by atoms with van der Waals surface area (Å²) in [7, 11) is 0. The second-order valence-electron chi connectivity index (χ2n) is 6.85. The Balaban J connectivity index is 2.39. The van der Waals surface area contributed by atoms with Crippen molar-refractivity contribution < 1.29 is 13.9 Å². The highest BCUT2D eigenvalue weighted by Crippen LogP contribution is 2.19. The molecule has 2 amide bonds. The van der Waals surface area contributed by atoms with Crippen LogP contribution in [0.2, 0.25) is 0 Å². The summed E-state index contributed by atoms with van der Waals surface area (Å²) in [4.78, 5) is 11.6. The van der Waals surface area contributed by atoms with Gasteiger partial charge in [0, 0.05) is 13.1 Å². The number of ether oxygens (including phenoxy) is 1. The summed E-state index contributed by atoms with van der Waals surface area (Å²) in [6.07, 6.45) is 0.510. The number of urea groups is 1. The molecule has 22 heavy (non-hydrogen) atoms. The maximum Gasteiger partial charge on any atom is 0.314 e. The van der Waals surface area contributed by atoms with Crippen LogP contribution in [-0.2, 0) is 6.42 Å². The minimum absolute atomic E-state index is 0.0483. The van der Waals surface area contributed by atoms with E-state index in [0.29, 0.717) is 19.5 Å². The SMILES string of the molecule is CC(C)Oc1ccc(CCNC(=O)NCC(C)(C)C)cc1F. The van der Waals surface area contributed by atoms with Gasteiger partial charge >= 0.3 is 6.03 Å². The van der Waals surface area contributed by atoms with E-state index < -0.39 is 0 Å². The van der Waals surface area contributed by atoms with E-state index >= 15 is 0 Å². The van der Waals surface area contributed by atoms with E-state index in [-0.39, 0.29) is 29.1 Å². The molecule has 0 aromatic heterocycles. The lowest BCUT2D eigenvalue weighted by molar-refractivity contribution is 0.231. The van der Waals surface area contributed by atoms with Crippen molar-refractivity contribution >= 4 is 6.03 Å². The Morgan fingerprint density at radius 1 is 1.27 bits per heavy atom. The minimum atomic E-state index is -0.372. The zero-order valence-electron chi connectivity index (χ0n) is 14.1. The second-order valence-corrected chi connectivity index (χ2v) is 6.85. The van der Waals surface area contributed by atoms with Gasteiger partial charge in [0.05, 0.1) is 6.10 Å². The van der Waals surface area contributed by atoms with Gasteiger partial charge in [-0.3, -0.25) is 0 Å². The molecular formula is C17H27FN2O2. The first-order valence-electron chi connectivity index (χ1n) is 7.64. The Morgan fingerprint density at radius 3 is 2.50 bits per heavy atom. The maximum atomic E-state index is 13.8. The summed E-state index contributed by atoms with van der Waals surface area (Å²) in [5.41, 5.74) is 0.872. The zero-order chi connectivity index (χ0) is 16.8. The summed E-state index contributed by atoms with van der Waals surface area (Å²) < 4.78 is 19.2. The summed E-state index contributed by atoms with van der Waals surface area (Å²) in [5.74, 6) is -0.113. The van der Waals surface area contributed by atoms with E-state index in [4.69, 9.17) is 4.74 Å². The van der Waals surface area contributed by atoms with Crippen LogP contribution in [0.15, 0.2) is 18.2 Å². The second kappa shape index (κ2) is 8.01. The van der Waals surface area contributed by atoms with Crippen molar-refractivity contribution in [2.45, 2.75) is 47.1 Å². The predicted molar refractivity (Wildman–Crippen MR) is 86.7 cm³/mol. The lowest BCUT2D eigenvalue weighted by Crippen LogP contribution is -2.40. The topological polar surface area (TPSA) is 50.4 Å². The monoisotopic (exact) mass is 310 g/mol. The molecule has 0 aliphatic carbocycles. The summed E-state index contributed by atoms with van der Waals surface area (Å²) in [6.45, 7) is 10.9. The van der Waals surface area contributed by atoms with Gasteiger partial charge in [-0.15, -0.1) is 0 Å². The molecule has 2 N–H and O–H groups in total. The van der Waals surface area contributed by atoms with Gasteiger partial charge in [-0.1, -0.05) is 26.8 Å². The predicted octanol–water partition coefficient (Wildman–Crippen LogP) is 3.50. The van der Waals surface area contributed by atoms with Crippen molar-refractivity contribution in [2.75, 3.05) is 13.1 Å². The maximum absolute atomic E-state index is 13.8. The molecule has 0 saturated heterocycles. The number of benzene rings is 1. The van der Waals surface area contributed by atoms with E-state index in [2.05, 4.69) is 31.4 Å². The highest BCUT2D eigenvalue weighted by molar-refractivity contribution is 5.73. The van der Waals surface area contributed by atoms with Crippen LogP contribution in [0.5, 0.6) is 5.75 Å². The van der Waals surface area contributed by atoms with Crippen LogP contribution < -0.4 is 15.4 Å². The summed E-state index contributed by atoms with van der Waals surface area (Å²) in [5, 5.41) is 5.57. The molecule has 1 aromatic carbocycles. The Morgan fingerprint density at radius 2 is 1.95 bits per heavy atom. The number of halogens is 1. The van der Waals surface area contributed by atoms with Crippen molar-refractivity contribution in [3.63, 3.8) is 0 Å². The third-order valence-corrected chi connectivity index (χ3v) is 2.84. The largest absolute Gasteiger partial charge is 0.488 e. The molecule has 0 spiro atoms. The fourth-order valence-electron chi connectivity index (χ4n) is 1.78.